The molecule has 0 heterocycles. The van der Waals surface area contributed by atoms with Crippen LogP contribution in [0.1, 0.15) is 60.8 Å². The maximum atomic E-state index is 11.8. The van der Waals surface area contributed by atoms with Crippen molar-refractivity contribution in [3.05, 3.63) is 0 Å². The number of amides is 1. The zero-order valence-electron chi connectivity index (χ0n) is 12.7. The normalized spacial score (nSPS) is 11.5. The molecule has 18 heavy (non-hydrogen) atoms. The van der Waals surface area contributed by atoms with E-state index < -0.39 is 12.0 Å². The Balaban J connectivity index is 0. The van der Waals surface area contributed by atoms with Crippen molar-refractivity contribution in [2.75, 3.05) is 6.54 Å². The average Bonchev–Trinajstić information content (AvgIpc) is 2.34. The molecule has 0 saturated carbocycles. The van der Waals surface area contributed by atoms with E-state index in [4.69, 9.17) is 5.11 Å². The van der Waals surface area contributed by atoms with Crippen LogP contribution in [0.5, 0.6) is 0 Å². The Morgan fingerprint density at radius 1 is 1.17 bits per heavy atom. The van der Waals surface area contributed by atoms with Crippen LogP contribution < -0.4 is 0 Å². The van der Waals surface area contributed by atoms with Crippen molar-refractivity contribution in [2.45, 2.75) is 66.8 Å². The number of nitrogens with zero attached hydrogens (tertiary/aromatic N) is 1. The molecule has 0 radical (unpaired) electrons. The molecule has 0 bridgehead atoms. The van der Waals surface area contributed by atoms with Crippen molar-refractivity contribution in [3.8, 4) is 0 Å². The van der Waals surface area contributed by atoms with E-state index in [0.29, 0.717) is 13.0 Å². The van der Waals surface area contributed by atoms with Gasteiger partial charge in [0.25, 0.3) is 0 Å². The third kappa shape index (κ3) is 6.62. The Hall–Kier alpha value is -1.06. The Kier molecular flexibility index (Phi) is 11.8. The molecule has 4 nitrogen and oxygen atoms in total. The number of aliphatic carboxylic acids is 1. The van der Waals surface area contributed by atoms with Gasteiger partial charge in [-0.05, 0) is 19.3 Å². The van der Waals surface area contributed by atoms with Crippen LogP contribution in [0.4, 0.5) is 0 Å². The molecule has 0 aliphatic rings. The van der Waals surface area contributed by atoms with Gasteiger partial charge in [-0.2, -0.15) is 0 Å². The van der Waals surface area contributed by atoms with Gasteiger partial charge >= 0.3 is 5.97 Å². The van der Waals surface area contributed by atoms with Gasteiger partial charge in [-0.15, -0.1) is 0 Å². The van der Waals surface area contributed by atoms with Crippen molar-refractivity contribution in [3.63, 3.8) is 0 Å². The Bertz CT molecular complexity index is 239. The lowest BCUT2D eigenvalue weighted by Gasteiger charge is -2.30. The fourth-order valence-corrected chi connectivity index (χ4v) is 1.78. The van der Waals surface area contributed by atoms with Crippen LogP contribution in [0.15, 0.2) is 0 Å². The molecule has 0 aromatic heterocycles. The Morgan fingerprint density at radius 3 is 1.94 bits per heavy atom. The van der Waals surface area contributed by atoms with Crippen LogP contribution in [0.3, 0.4) is 0 Å². The highest BCUT2D eigenvalue weighted by molar-refractivity contribution is 5.83. The second-order valence-corrected chi connectivity index (χ2v) is 4.31. The maximum Gasteiger partial charge on any atom is 0.326 e. The monoisotopic (exact) mass is 259 g/mol. The molecule has 1 N–H and O–H groups in total. The number of unbranched alkanes of at least 4 members (excludes halogenated alkanes) is 1. The van der Waals surface area contributed by atoms with Crippen molar-refractivity contribution >= 4 is 11.9 Å². The van der Waals surface area contributed by atoms with Gasteiger partial charge in [0.05, 0.1) is 0 Å². The molecule has 1 unspecified atom stereocenters. The molecule has 0 aromatic carbocycles. The molecule has 108 valence electrons. The average molecular weight is 259 g/mol. The smallest absolute Gasteiger partial charge is 0.326 e. The molecule has 0 aliphatic heterocycles. The largest absolute Gasteiger partial charge is 0.480 e. The lowest BCUT2D eigenvalue weighted by molar-refractivity contribution is -0.152. The lowest BCUT2D eigenvalue weighted by atomic mass is 10.0. The minimum absolute atomic E-state index is 0.0505. The van der Waals surface area contributed by atoms with E-state index in [1.54, 1.807) is 0 Å². The van der Waals surface area contributed by atoms with Crippen LogP contribution in [-0.4, -0.2) is 34.5 Å². The molecule has 0 spiro atoms. The molecular weight excluding hydrogens is 230 g/mol. The first-order chi connectivity index (χ1) is 8.45. The summed E-state index contributed by atoms with van der Waals surface area (Å²) < 4.78 is 0. The molecule has 1 atom stereocenters. The number of carboxylic acid groups (broad SMARTS) is 1. The molecule has 0 fully saturated rings. The number of carbonyl (C=O) groups is 2. The Morgan fingerprint density at radius 2 is 1.67 bits per heavy atom. The molecule has 0 rings (SSSR count). The van der Waals surface area contributed by atoms with Gasteiger partial charge in [-0.3, -0.25) is 4.79 Å². The van der Waals surface area contributed by atoms with Crippen LogP contribution >= 0.6 is 0 Å². The predicted molar refractivity (Wildman–Crippen MR) is 74.5 cm³/mol. The van der Waals surface area contributed by atoms with E-state index in [-0.39, 0.29) is 11.8 Å². The zero-order valence-corrected chi connectivity index (χ0v) is 12.7. The number of rotatable bonds is 7. The molecule has 1 amide bonds. The van der Waals surface area contributed by atoms with Gasteiger partial charge in [0.15, 0.2) is 0 Å². The van der Waals surface area contributed by atoms with Gasteiger partial charge in [-0.25, -0.2) is 4.79 Å². The number of hydrogen-bond acceptors (Lipinski definition) is 2. The minimum Gasteiger partial charge on any atom is -0.480 e. The van der Waals surface area contributed by atoms with Crippen molar-refractivity contribution in [1.82, 2.24) is 4.90 Å². The summed E-state index contributed by atoms with van der Waals surface area (Å²) in [4.78, 5) is 24.4. The van der Waals surface area contributed by atoms with Crippen LogP contribution in [0, 0.1) is 5.92 Å². The number of carbonyl (C=O) groups excluding carboxylic acids is 1. The highest BCUT2D eigenvalue weighted by atomic mass is 16.4. The summed E-state index contributed by atoms with van der Waals surface area (Å²) in [5.74, 6) is -1.03. The second kappa shape index (κ2) is 11.1. The van der Waals surface area contributed by atoms with Gasteiger partial charge in [0.2, 0.25) is 5.91 Å². The molecule has 4 heteroatoms. The van der Waals surface area contributed by atoms with E-state index in [1.165, 1.54) is 4.90 Å². The van der Waals surface area contributed by atoms with E-state index in [0.717, 1.165) is 12.8 Å². The van der Waals surface area contributed by atoms with E-state index in [1.807, 2.05) is 41.5 Å². The van der Waals surface area contributed by atoms with E-state index in [2.05, 4.69) is 0 Å². The third-order valence-electron chi connectivity index (χ3n) is 2.63. The predicted octanol–water partition coefficient (Wildman–Crippen LogP) is 3.16. The van der Waals surface area contributed by atoms with Crippen LogP contribution in [0.2, 0.25) is 0 Å². The highest BCUT2D eigenvalue weighted by Crippen LogP contribution is 2.13. The quantitative estimate of drug-likeness (QED) is 0.764. The van der Waals surface area contributed by atoms with Crippen LogP contribution in [-0.2, 0) is 9.59 Å². The van der Waals surface area contributed by atoms with Crippen molar-refractivity contribution in [1.29, 1.82) is 0 Å². The first-order valence-corrected chi connectivity index (χ1v) is 6.97. The SMILES string of the molecule is CC.CCCCC(=O)N(CC)C(C(=O)O)C(C)C. The number of hydrogen-bond donors (Lipinski definition) is 1. The maximum absolute atomic E-state index is 11.8. The van der Waals surface area contributed by atoms with Crippen molar-refractivity contribution in [2.24, 2.45) is 5.92 Å². The molecule has 0 aliphatic carbocycles. The van der Waals surface area contributed by atoms with Gasteiger partial charge < -0.3 is 10.0 Å². The fraction of sp³-hybridized carbons (Fsp3) is 0.857. The second-order valence-electron chi connectivity index (χ2n) is 4.31. The van der Waals surface area contributed by atoms with Crippen LogP contribution in [0.25, 0.3) is 0 Å². The first kappa shape index (κ1) is 19.3. The third-order valence-corrected chi connectivity index (χ3v) is 2.63. The fourth-order valence-electron chi connectivity index (χ4n) is 1.78. The zero-order chi connectivity index (χ0) is 14.7. The molecule has 0 saturated heterocycles. The topological polar surface area (TPSA) is 57.6 Å². The molecular formula is C14H29NO3. The van der Waals surface area contributed by atoms with E-state index >= 15 is 0 Å². The molecule has 0 aromatic rings. The van der Waals surface area contributed by atoms with Gasteiger partial charge in [-0.1, -0.05) is 41.0 Å². The summed E-state index contributed by atoms with van der Waals surface area (Å²) in [5, 5.41) is 9.13. The number of carboxylic acids is 1. The summed E-state index contributed by atoms with van der Waals surface area (Å²) in [6.45, 7) is 11.9. The number of likely N-dealkylation sites (N-methyl/N-ethyl adjacent to an activating group) is 1. The summed E-state index contributed by atoms with van der Waals surface area (Å²) >= 11 is 0. The van der Waals surface area contributed by atoms with Gasteiger partial charge in [0.1, 0.15) is 6.04 Å². The first-order valence-electron chi connectivity index (χ1n) is 6.97. The Labute approximate surface area is 111 Å². The summed E-state index contributed by atoms with van der Waals surface area (Å²) in [6.07, 6.45) is 2.21. The van der Waals surface area contributed by atoms with E-state index in [9.17, 15) is 9.59 Å². The minimum atomic E-state index is -0.915. The highest BCUT2D eigenvalue weighted by Gasteiger charge is 2.30. The lowest BCUT2D eigenvalue weighted by Crippen LogP contribution is -2.47. The van der Waals surface area contributed by atoms with Gasteiger partial charge in [0, 0.05) is 13.0 Å². The van der Waals surface area contributed by atoms with Crippen molar-refractivity contribution < 1.29 is 14.7 Å². The summed E-state index contributed by atoms with van der Waals surface area (Å²) in [6, 6.07) is -0.700. The standard InChI is InChI=1S/C12H23NO3.C2H6/c1-5-7-8-10(14)13(6-2)11(9(3)4)12(15)16;1-2/h9,11H,5-8H2,1-4H3,(H,15,16);1-2H3. The summed E-state index contributed by atoms with van der Waals surface area (Å²) in [7, 11) is 0. The summed E-state index contributed by atoms with van der Waals surface area (Å²) in [5.41, 5.74) is 0.